The number of pyridine rings is 1. The maximum absolute atomic E-state index is 11.9. The van der Waals surface area contributed by atoms with Crippen LogP contribution in [-0.4, -0.2) is 28.6 Å². The zero-order valence-electron chi connectivity index (χ0n) is 12.1. The van der Waals surface area contributed by atoms with E-state index in [0.29, 0.717) is 12.8 Å². The molecule has 0 aliphatic heterocycles. The van der Waals surface area contributed by atoms with E-state index in [0.717, 1.165) is 18.5 Å². The van der Waals surface area contributed by atoms with Gasteiger partial charge in [-0.3, -0.25) is 9.78 Å². The molecule has 1 fully saturated rings. The lowest BCUT2D eigenvalue weighted by Crippen LogP contribution is -2.45. The predicted molar refractivity (Wildman–Crippen MR) is 77.7 cm³/mol. The molecule has 1 atom stereocenters. The normalized spacial score (nSPS) is 18.0. The molecule has 3 N–H and O–H groups in total. The van der Waals surface area contributed by atoms with E-state index in [2.05, 4.69) is 15.6 Å². The number of nitrogens with one attached hydrogen (secondary N) is 2. The van der Waals surface area contributed by atoms with Gasteiger partial charge in [0.05, 0.1) is 17.2 Å². The summed E-state index contributed by atoms with van der Waals surface area (Å²) in [5, 5.41) is 14.8. The number of rotatable bonds is 5. The van der Waals surface area contributed by atoms with Crippen LogP contribution in [0.15, 0.2) is 24.4 Å². The van der Waals surface area contributed by atoms with Gasteiger partial charge >= 0.3 is 12.0 Å². The SMILES string of the molecule is CC(NC(=O)NCC1(C(=O)O)CCCC1)c1ccccn1. The van der Waals surface area contributed by atoms with E-state index in [4.69, 9.17) is 0 Å². The number of carbonyl (C=O) groups is 2. The Morgan fingerprint density at radius 2 is 2.10 bits per heavy atom. The highest BCUT2D eigenvalue weighted by Gasteiger charge is 2.41. The molecule has 6 heteroatoms. The first-order valence-electron chi connectivity index (χ1n) is 7.22. The summed E-state index contributed by atoms with van der Waals surface area (Å²) in [5.41, 5.74) is -0.0348. The van der Waals surface area contributed by atoms with Gasteiger partial charge in [0.15, 0.2) is 0 Å². The molecule has 0 aromatic carbocycles. The van der Waals surface area contributed by atoms with E-state index in [1.807, 2.05) is 25.1 Å². The van der Waals surface area contributed by atoms with Crippen molar-refractivity contribution in [2.75, 3.05) is 6.54 Å². The quantitative estimate of drug-likeness (QED) is 0.774. The number of carboxylic acid groups (broad SMARTS) is 1. The number of nitrogens with zero attached hydrogens (tertiary/aromatic N) is 1. The van der Waals surface area contributed by atoms with Crippen molar-refractivity contribution in [1.82, 2.24) is 15.6 Å². The molecule has 1 aliphatic carbocycles. The monoisotopic (exact) mass is 291 g/mol. The van der Waals surface area contributed by atoms with E-state index < -0.39 is 11.4 Å². The molecule has 1 saturated carbocycles. The number of urea groups is 1. The van der Waals surface area contributed by atoms with Gasteiger partial charge in [-0.15, -0.1) is 0 Å². The lowest BCUT2D eigenvalue weighted by molar-refractivity contribution is -0.148. The standard InChI is InChI=1S/C15H21N3O3/c1-11(12-6-2-5-9-16-12)18-14(21)17-10-15(13(19)20)7-3-4-8-15/h2,5-6,9,11H,3-4,7-8,10H2,1H3,(H,19,20)(H2,17,18,21). The fraction of sp³-hybridized carbons (Fsp3) is 0.533. The third-order valence-electron chi connectivity index (χ3n) is 4.08. The molecule has 0 radical (unpaired) electrons. The molecule has 21 heavy (non-hydrogen) atoms. The van der Waals surface area contributed by atoms with Crippen LogP contribution in [0.2, 0.25) is 0 Å². The van der Waals surface area contributed by atoms with Crippen LogP contribution in [-0.2, 0) is 4.79 Å². The number of aliphatic carboxylic acids is 1. The zero-order chi connectivity index (χ0) is 15.3. The second kappa shape index (κ2) is 6.56. The van der Waals surface area contributed by atoms with E-state index in [1.54, 1.807) is 6.20 Å². The maximum atomic E-state index is 11.9. The Bertz CT molecular complexity index is 498. The molecule has 1 unspecified atom stereocenters. The zero-order valence-corrected chi connectivity index (χ0v) is 12.1. The van der Waals surface area contributed by atoms with Crippen molar-refractivity contribution in [3.63, 3.8) is 0 Å². The highest BCUT2D eigenvalue weighted by molar-refractivity contribution is 5.78. The number of hydrogen-bond donors (Lipinski definition) is 3. The van der Waals surface area contributed by atoms with Crippen LogP contribution in [0.5, 0.6) is 0 Å². The molecule has 0 saturated heterocycles. The third kappa shape index (κ3) is 3.71. The molecule has 2 amide bonds. The molecule has 1 aliphatic rings. The van der Waals surface area contributed by atoms with E-state index >= 15 is 0 Å². The average molecular weight is 291 g/mol. The summed E-state index contributed by atoms with van der Waals surface area (Å²) in [4.78, 5) is 27.5. The van der Waals surface area contributed by atoms with Crippen molar-refractivity contribution in [2.45, 2.75) is 38.6 Å². The molecule has 0 spiro atoms. The van der Waals surface area contributed by atoms with Gasteiger partial charge in [-0.1, -0.05) is 18.9 Å². The van der Waals surface area contributed by atoms with Crippen LogP contribution < -0.4 is 10.6 Å². The molecule has 2 rings (SSSR count). The Morgan fingerprint density at radius 1 is 1.38 bits per heavy atom. The first-order valence-corrected chi connectivity index (χ1v) is 7.22. The third-order valence-corrected chi connectivity index (χ3v) is 4.08. The van der Waals surface area contributed by atoms with Gasteiger partial charge in [0.1, 0.15) is 0 Å². The summed E-state index contributed by atoms with van der Waals surface area (Å²) in [7, 11) is 0. The van der Waals surface area contributed by atoms with Gasteiger partial charge in [-0.25, -0.2) is 4.79 Å². The minimum absolute atomic E-state index is 0.170. The lowest BCUT2D eigenvalue weighted by atomic mass is 9.86. The molecular weight excluding hydrogens is 270 g/mol. The van der Waals surface area contributed by atoms with Crippen molar-refractivity contribution in [3.8, 4) is 0 Å². The smallest absolute Gasteiger partial charge is 0.315 e. The second-order valence-electron chi connectivity index (χ2n) is 5.60. The topological polar surface area (TPSA) is 91.3 Å². The Hall–Kier alpha value is -2.11. The maximum Gasteiger partial charge on any atom is 0.315 e. The van der Waals surface area contributed by atoms with Crippen LogP contribution in [0.3, 0.4) is 0 Å². The fourth-order valence-electron chi connectivity index (χ4n) is 2.72. The number of carbonyl (C=O) groups excluding carboxylic acids is 1. The predicted octanol–water partition coefficient (Wildman–Crippen LogP) is 2.09. The first-order chi connectivity index (χ1) is 10.0. The second-order valence-corrected chi connectivity index (χ2v) is 5.60. The van der Waals surface area contributed by atoms with Gasteiger partial charge in [-0.2, -0.15) is 0 Å². The Morgan fingerprint density at radius 3 is 2.67 bits per heavy atom. The lowest BCUT2D eigenvalue weighted by Gasteiger charge is -2.24. The summed E-state index contributed by atoms with van der Waals surface area (Å²) >= 11 is 0. The number of amides is 2. The van der Waals surface area contributed by atoms with Crippen LogP contribution in [0, 0.1) is 5.41 Å². The van der Waals surface area contributed by atoms with Gasteiger partial charge < -0.3 is 15.7 Å². The first kappa shape index (κ1) is 15.3. The van der Waals surface area contributed by atoms with Crippen LogP contribution >= 0.6 is 0 Å². The number of carboxylic acids is 1. The van der Waals surface area contributed by atoms with Gasteiger partial charge in [-0.05, 0) is 31.9 Å². The highest BCUT2D eigenvalue weighted by Crippen LogP contribution is 2.37. The van der Waals surface area contributed by atoms with Gasteiger partial charge in [0.2, 0.25) is 0 Å². The summed E-state index contributed by atoms with van der Waals surface area (Å²) in [6, 6.07) is 4.92. The minimum atomic E-state index is -0.821. The van der Waals surface area contributed by atoms with E-state index in [1.165, 1.54) is 0 Å². The van der Waals surface area contributed by atoms with Crippen molar-refractivity contribution in [1.29, 1.82) is 0 Å². The summed E-state index contributed by atoms with van der Waals surface area (Å²) < 4.78 is 0. The van der Waals surface area contributed by atoms with Gasteiger partial charge in [0, 0.05) is 12.7 Å². The Balaban J connectivity index is 1.86. The molecule has 1 heterocycles. The van der Waals surface area contributed by atoms with Crippen LogP contribution in [0.25, 0.3) is 0 Å². The van der Waals surface area contributed by atoms with E-state index in [-0.39, 0.29) is 18.6 Å². The highest BCUT2D eigenvalue weighted by atomic mass is 16.4. The Labute approximate surface area is 124 Å². The van der Waals surface area contributed by atoms with Crippen molar-refractivity contribution < 1.29 is 14.7 Å². The van der Waals surface area contributed by atoms with Crippen molar-refractivity contribution in [3.05, 3.63) is 30.1 Å². The van der Waals surface area contributed by atoms with Crippen molar-refractivity contribution in [2.24, 2.45) is 5.41 Å². The summed E-state index contributed by atoms with van der Waals surface area (Å²) in [6.45, 7) is 2.01. The van der Waals surface area contributed by atoms with E-state index in [9.17, 15) is 14.7 Å². The summed E-state index contributed by atoms with van der Waals surface area (Å²) in [5.74, 6) is -0.821. The number of aromatic nitrogens is 1. The molecule has 1 aromatic heterocycles. The van der Waals surface area contributed by atoms with Crippen LogP contribution in [0.4, 0.5) is 4.79 Å². The van der Waals surface area contributed by atoms with Crippen LogP contribution in [0.1, 0.15) is 44.3 Å². The summed E-state index contributed by atoms with van der Waals surface area (Å²) in [6.07, 6.45) is 4.72. The van der Waals surface area contributed by atoms with Crippen molar-refractivity contribution >= 4 is 12.0 Å². The molecule has 114 valence electrons. The molecule has 6 nitrogen and oxygen atoms in total. The van der Waals surface area contributed by atoms with Gasteiger partial charge in [0.25, 0.3) is 0 Å². The fourth-order valence-corrected chi connectivity index (χ4v) is 2.72. The largest absolute Gasteiger partial charge is 0.481 e. The molecule has 1 aromatic rings. The average Bonchev–Trinajstić information content (AvgIpc) is 2.96. The number of hydrogen-bond acceptors (Lipinski definition) is 3. The molecular formula is C15H21N3O3. The molecule has 0 bridgehead atoms. The minimum Gasteiger partial charge on any atom is -0.481 e. The Kier molecular flexibility index (Phi) is 4.77.